The minimum absolute atomic E-state index is 0.0714. The number of likely N-dealkylation sites (tertiary alicyclic amines) is 1. The van der Waals surface area contributed by atoms with Crippen molar-refractivity contribution in [3.8, 4) is 19.0 Å². The molecule has 2 aromatic carbocycles. The average molecular weight is 596 g/mol. The maximum atomic E-state index is 11.2. The standard InChI is InChI=1S/C11H10N4O.C8H10BrN.C8H13NO2.C2H2/c1-7-4-8-5-9(2-3-10(8)16-7)15-11(13)14-6-12;1-10-6-7-2-4-8(9)5-3-7;10-7-6-9-5-3-1-2-4-8(9)11;1-2/h2-5H,1H3,(H3,13,14,15);2-5,10H,6H2,1H3;7H,1-6H2;1-2H. The molecule has 1 amide bonds. The molecule has 2 heterocycles. The fourth-order valence-corrected chi connectivity index (χ4v) is 3.85. The van der Waals surface area contributed by atoms with Crippen LogP contribution < -0.4 is 16.4 Å². The fraction of sp³-hybridized carbons (Fsp3) is 0.310. The molecule has 0 saturated carbocycles. The summed E-state index contributed by atoms with van der Waals surface area (Å²) in [6.07, 6.45) is 14.3. The first-order valence-corrected chi connectivity index (χ1v) is 13.1. The Labute approximate surface area is 238 Å². The molecule has 0 spiro atoms. The summed E-state index contributed by atoms with van der Waals surface area (Å²) in [6.45, 7) is 3.86. The smallest absolute Gasteiger partial charge is 0.222 e. The molecule has 1 fully saturated rings. The first-order chi connectivity index (χ1) is 18.9. The third kappa shape index (κ3) is 12.8. The molecule has 1 aliphatic rings. The van der Waals surface area contributed by atoms with E-state index in [0.717, 1.165) is 59.8 Å². The third-order valence-corrected chi connectivity index (χ3v) is 5.85. The molecule has 1 saturated heterocycles. The lowest BCUT2D eigenvalue weighted by Crippen LogP contribution is -2.31. The summed E-state index contributed by atoms with van der Waals surface area (Å²) in [5.74, 6) is 1.05. The van der Waals surface area contributed by atoms with Crippen molar-refractivity contribution >= 4 is 50.7 Å². The Morgan fingerprint density at radius 2 is 1.92 bits per heavy atom. The summed E-state index contributed by atoms with van der Waals surface area (Å²) in [5.41, 5.74) is 8.25. The molecule has 39 heavy (non-hydrogen) atoms. The number of furan rings is 1. The largest absolute Gasteiger partial charge is 0.461 e. The van der Waals surface area contributed by atoms with Crippen molar-refractivity contribution in [1.29, 1.82) is 5.26 Å². The number of halogens is 1. The van der Waals surface area contributed by atoms with Crippen LogP contribution in [0.3, 0.4) is 0 Å². The van der Waals surface area contributed by atoms with Crippen LogP contribution in [-0.2, 0) is 16.1 Å². The maximum absolute atomic E-state index is 11.2. The Morgan fingerprint density at radius 1 is 1.21 bits per heavy atom. The van der Waals surface area contributed by atoms with E-state index in [2.05, 4.69) is 56.5 Å². The Bertz CT molecular complexity index is 1260. The number of hydrogen-bond donors (Lipinski definition) is 3. The number of nitrogens with two attached hydrogens (primary N) is 1. The van der Waals surface area contributed by atoms with Gasteiger partial charge in [0, 0.05) is 29.4 Å². The zero-order valence-electron chi connectivity index (χ0n) is 22.3. The third-order valence-electron chi connectivity index (χ3n) is 5.32. The Hall–Kier alpha value is -4.12. The number of aliphatic imine (C=N–C) groups is 1. The number of aldehydes is 1. The Morgan fingerprint density at radius 3 is 2.56 bits per heavy atom. The highest BCUT2D eigenvalue weighted by atomic mass is 79.9. The van der Waals surface area contributed by atoms with E-state index in [1.807, 2.05) is 44.3 Å². The topological polar surface area (TPSA) is 137 Å². The summed E-state index contributed by atoms with van der Waals surface area (Å²) < 4.78 is 6.56. The second-order valence-corrected chi connectivity index (χ2v) is 9.20. The van der Waals surface area contributed by atoms with E-state index in [4.69, 9.17) is 15.4 Å². The van der Waals surface area contributed by atoms with Gasteiger partial charge in [0.2, 0.25) is 11.9 Å². The summed E-state index contributed by atoms with van der Waals surface area (Å²) in [7, 11) is 1.95. The van der Waals surface area contributed by atoms with Crippen molar-refractivity contribution in [2.75, 3.05) is 20.1 Å². The van der Waals surface area contributed by atoms with Crippen molar-refractivity contribution in [2.24, 2.45) is 10.7 Å². The molecule has 0 unspecified atom stereocenters. The summed E-state index contributed by atoms with van der Waals surface area (Å²) in [4.78, 5) is 27.0. The van der Waals surface area contributed by atoms with Gasteiger partial charge in [-0.25, -0.2) is 4.99 Å². The predicted octanol–water partition coefficient (Wildman–Crippen LogP) is 4.76. The molecule has 0 bridgehead atoms. The van der Waals surface area contributed by atoms with Crippen LogP contribution in [0.5, 0.6) is 0 Å². The van der Waals surface area contributed by atoms with E-state index < -0.39 is 0 Å². The average Bonchev–Trinajstić information content (AvgIpc) is 3.18. The van der Waals surface area contributed by atoms with Crippen LogP contribution in [0.1, 0.15) is 37.0 Å². The lowest BCUT2D eigenvalue weighted by atomic mass is 10.2. The van der Waals surface area contributed by atoms with Crippen LogP contribution in [0.4, 0.5) is 5.69 Å². The molecule has 9 nitrogen and oxygen atoms in total. The van der Waals surface area contributed by atoms with Crippen molar-refractivity contribution < 1.29 is 14.0 Å². The van der Waals surface area contributed by atoms with Gasteiger partial charge >= 0.3 is 0 Å². The Balaban J connectivity index is 0.000000293. The lowest BCUT2D eigenvalue weighted by Gasteiger charge is -2.16. The highest BCUT2D eigenvalue weighted by molar-refractivity contribution is 9.10. The molecule has 10 heteroatoms. The maximum Gasteiger partial charge on any atom is 0.222 e. The van der Waals surface area contributed by atoms with Crippen molar-refractivity contribution in [1.82, 2.24) is 15.5 Å². The van der Waals surface area contributed by atoms with Crippen LogP contribution in [0.15, 0.2) is 62.4 Å². The van der Waals surface area contributed by atoms with Crippen LogP contribution in [0, 0.1) is 31.2 Å². The number of nitrogens with zero attached hydrogens (tertiary/aromatic N) is 3. The molecule has 3 aromatic rings. The second-order valence-electron chi connectivity index (χ2n) is 8.29. The van der Waals surface area contributed by atoms with Crippen molar-refractivity contribution in [3.05, 3.63) is 64.3 Å². The molecule has 1 aliphatic heterocycles. The van der Waals surface area contributed by atoms with Gasteiger partial charge in [0.1, 0.15) is 17.6 Å². The van der Waals surface area contributed by atoms with Gasteiger partial charge in [-0.3, -0.25) is 10.1 Å². The number of amides is 1. The van der Waals surface area contributed by atoms with Gasteiger partial charge in [-0.1, -0.05) is 34.5 Å². The zero-order valence-corrected chi connectivity index (χ0v) is 23.9. The van der Waals surface area contributed by atoms with Gasteiger partial charge in [-0.2, -0.15) is 5.26 Å². The Kier molecular flexibility index (Phi) is 16.1. The van der Waals surface area contributed by atoms with E-state index in [-0.39, 0.29) is 18.4 Å². The van der Waals surface area contributed by atoms with Gasteiger partial charge in [-0.05, 0) is 68.8 Å². The second kappa shape index (κ2) is 19.0. The summed E-state index contributed by atoms with van der Waals surface area (Å²) in [6, 6.07) is 15.7. The van der Waals surface area contributed by atoms with Crippen LogP contribution in [-0.4, -0.2) is 43.2 Å². The molecule has 4 N–H and O–H groups in total. The predicted molar refractivity (Wildman–Crippen MR) is 159 cm³/mol. The fourth-order valence-electron chi connectivity index (χ4n) is 3.59. The number of benzene rings is 2. The molecule has 206 valence electrons. The van der Waals surface area contributed by atoms with Crippen molar-refractivity contribution in [2.45, 2.75) is 39.2 Å². The minimum Gasteiger partial charge on any atom is -0.461 e. The van der Waals surface area contributed by atoms with Crippen LogP contribution >= 0.6 is 15.9 Å². The number of hydrogen-bond acceptors (Lipinski definition) is 6. The number of carbonyl (C=O) groups excluding carboxylic acids is 2. The minimum atomic E-state index is 0.0714. The van der Waals surface area contributed by atoms with Gasteiger partial charge in [0.15, 0.2) is 6.19 Å². The first kappa shape index (κ1) is 32.9. The molecule has 0 radical (unpaired) electrons. The van der Waals surface area contributed by atoms with Gasteiger partial charge in [0.25, 0.3) is 0 Å². The number of carbonyl (C=O) groups is 2. The van der Waals surface area contributed by atoms with Crippen LogP contribution in [0.2, 0.25) is 0 Å². The monoisotopic (exact) mass is 594 g/mol. The number of nitriles is 1. The highest BCUT2D eigenvalue weighted by Gasteiger charge is 2.14. The number of terminal acetylenes is 1. The first-order valence-electron chi connectivity index (χ1n) is 12.3. The molecule has 0 aliphatic carbocycles. The number of nitrogens with one attached hydrogen (secondary N) is 2. The zero-order chi connectivity index (χ0) is 29.0. The summed E-state index contributed by atoms with van der Waals surface area (Å²) >= 11 is 3.38. The van der Waals surface area contributed by atoms with E-state index in [0.29, 0.717) is 12.1 Å². The molecular formula is C29H35BrN6O3. The summed E-state index contributed by atoms with van der Waals surface area (Å²) in [5, 5.41) is 14.7. The van der Waals surface area contributed by atoms with Crippen molar-refractivity contribution in [3.63, 3.8) is 0 Å². The normalized spacial score (nSPS) is 12.8. The molecule has 0 atom stereocenters. The SMILES string of the molecule is C#C.CNCc1ccc(Br)cc1.Cc1cc2cc(N=C(N)NC#N)ccc2o1.O=CCN1CCCCCC1=O. The van der Waals surface area contributed by atoms with E-state index in [9.17, 15) is 9.59 Å². The van der Waals surface area contributed by atoms with Gasteiger partial charge < -0.3 is 25.2 Å². The van der Waals surface area contributed by atoms with Crippen LogP contribution in [0.25, 0.3) is 11.0 Å². The van der Waals surface area contributed by atoms with Gasteiger partial charge in [0.05, 0.1) is 12.2 Å². The molecule has 4 rings (SSSR count). The number of rotatable bonds is 5. The van der Waals surface area contributed by atoms with E-state index in [1.54, 1.807) is 17.2 Å². The molecule has 1 aromatic heterocycles. The van der Waals surface area contributed by atoms with E-state index >= 15 is 0 Å². The van der Waals surface area contributed by atoms with E-state index in [1.165, 1.54) is 5.56 Å². The lowest BCUT2D eigenvalue weighted by molar-refractivity contribution is -0.132. The highest BCUT2D eigenvalue weighted by Crippen LogP contribution is 2.24. The number of fused-ring (bicyclic) bond motifs is 1. The quantitative estimate of drug-likeness (QED) is 0.0966. The van der Waals surface area contributed by atoms with Gasteiger partial charge in [-0.15, -0.1) is 12.8 Å². The number of aryl methyl sites for hydroxylation is 1. The molecular weight excluding hydrogens is 560 g/mol. The number of guanidine groups is 1.